The minimum atomic E-state index is -0.678. The lowest BCUT2D eigenvalue weighted by Gasteiger charge is -2.36. The van der Waals surface area contributed by atoms with E-state index in [1.54, 1.807) is 0 Å². The first-order valence-corrected chi connectivity index (χ1v) is 5.75. The molecule has 0 fully saturated rings. The van der Waals surface area contributed by atoms with Crippen LogP contribution in [0.15, 0.2) is 23.8 Å². The third-order valence-corrected chi connectivity index (χ3v) is 3.50. The monoisotopic (exact) mass is 212 g/mol. The van der Waals surface area contributed by atoms with E-state index in [4.69, 9.17) is 12.6 Å². The van der Waals surface area contributed by atoms with Crippen LogP contribution in [-0.4, -0.2) is 13.3 Å². The van der Waals surface area contributed by atoms with Gasteiger partial charge in [-0.3, -0.25) is 0 Å². The van der Waals surface area contributed by atoms with Crippen LogP contribution in [0.1, 0.15) is 38.8 Å². The summed E-state index contributed by atoms with van der Waals surface area (Å²) in [4.78, 5) is 0. The highest BCUT2D eigenvalue weighted by atomic mass is 16.5. The molecule has 0 aromatic heterocycles. The van der Waals surface area contributed by atoms with Gasteiger partial charge in [0.1, 0.15) is 13.6 Å². The molecular formula is C14H17BO. The van der Waals surface area contributed by atoms with Gasteiger partial charge in [-0.1, -0.05) is 25.1 Å². The Balaban J connectivity index is 2.67. The molecule has 1 aromatic rings. The van der Waals surface area contributed by atoms with Crippen molar-refractivity contribution in [3.8, 4) is 5.75 Å². The van der Waals surface area contributed by atoms with Crippen LogP contribution in [-0.2, 0) is 6.42 Å². The summed E-state index contributed by atoms with van der Waals surface area (Å²) in [6.07, 6.45) is 0.964. The van der Waals surface area contributed by atoms with Gasteiger partial charge in [0, 0.05) is 5.56 Å². The third-order valence-electron chi connectivity index (χ3n) is 3.50. The molecule has 16 heavy (non-hydrogen) atoms. The first-order chi connectivity index (χ1) is 7.47. The van der Waals surface area contributed by atoms with E-state index in [0.717, 1.165) is 17.7 Å². The molecule has 0 saturated carbocycles. The van der Waals surface area contributed by atoms with Crippen molar-refractivity contribution in [3.63, 3.8) is 0 Å². The molecule has 1 unspecified atom stereocenters. The highest BCUT2D eigenvalue weighted by molar-refractivity contribution is 6.17. The fraction of sp³-hybridized carbons (Fsp3) is 0.429. The number of fused-ring (bicyclic) bond motifs is 1. The van der Waals surface area contributed by atoms with Gasteiger partial charge in [0.2, 0.25) is 0 Å². The van der Waals surface area contributed by atoms with E-state index >= 15 is 0 Å². The fourth-order valence-electron chi connectivity index (χ4n) is 2.14. The molecule has 1 heterocycles. The van der Waals surface area contributed by atoms with Gasteiger partial charge in [-0.25, -0.2) is 0 Å². The lowest BCUT2D eigenvalue weighted by Crippen LogP contribution is -2.37. The van der Waals surface area contributed by atoms with Crippen molar-refractivity contribution in [2.45, 2.75) is 39.6 Å². The van der Waals surface area contributed by atoms with Crippen molar-refractivity contribution >= 4 is 13.4 Å². The van der Waals surface area contributed by atoms with Gasteiger partial charge in [0.05, 0.1) is 5.50 Å². The summed E-state index contributed by atoms with van der Waals surface area (Å²) in [5.41, 5.74) is 4.07. The Morgan fingerprint density at radius 2 is 2.00 bits per heavy atom. The Hall–Kier alpha value is -1.18. The molecule has 2 heteroatoms. The van der Waals surface area contributed by atoms with Crippen LogP contribution in [0, 0.1) is 0 Å². The van der Waals surface area contributed by atoms with Crippen molar-refractivity contribution in [1.29, 1.82) is 0 Å². The van der Waals surface area contributed by atoms with E-state index in [9.17, 15) is 0 Å². The lowest BCUT2D eigenvalue weighted by molar-refractivity contribution is 0.207. The Morgan fingerprint density at radius 3 is 2.62 bits per heavy atom. The van der Waals surface area contributed by atoms with Crippen LogP contribution in [0.4, 0.5) is 0 Å². The summed E-state index contributed by atoms with van der Waals surface area (Å²) in [6.45, 7) is 8.20. The van der Waals surface area contributed by atoms with Gasteiger partial charge in [-0.2, -0.15) is 0 Å². The summed E-state index contributed by atoms with van der Waals surface area (Å²) >= 11 is 0. The average molecular weight is 212 g/mol. The maximum absolute atomic E-state index is 6.17. The normalized spacial score (nSPS) is 24.0. The van der Waals surface area contributed by atoms with E-state index < -0.39 is 5.50 Å². The number of benzene rings is 1. The second-order valence-corrected chi connectivity index (χ2v) is 4.61. The van der Waals surface area contributed by atoms with E-state index in [0.29, 0.717) is 0 Å². The largest absolute Gasteiger partial charge is 0.493 e. The first-order valence-electron chi connectivity index (χ1n) is 5.75. The number of allylic oxidation sites excluding steroid dienone is 1. The summed E-state index contributed by atoms with van der Waals surface area (Å²) in [7, 11) is 6.17. The number of hydrogen-bond donors (Lipinski definition) is 0. The van der Waals surface area contributed by atoms with Crippen molar-refractivity contribution in [2.75, 3.05) is 0 Å². The molecule has 0 amide bonds. The molecule has 0 aliphatic carbocycles. The second-order valence-electron chi connectivity index (χ2n) is 4.61. The highest BCUT2D eigenvalue weighted by Gasteiger charge is 2.30. The van der Waals surface area contributed by atoms with Gasteiger partial charge in [-0.15, -0.1) is 0 Å². The zero-order valence-corrected chi connectivity index (χ0v) is 10.4. The van der Waals surface area contributed by atoms with Crippen molar-refractivity contribution in [2.24, 2.45) is 0 Å². The summed E-state index contributed by atoms with van der Waals surface area (Å²) < 4.78 is 5.94. The van der Waals surface area contributed by atoms with Gasteiger partial charge in [0.15, 0.2) is 0 Å². The van der Waals surface area contributed by atoms with E-state index in [2.05, 4.69) is 32.0 Å². The first kappa shape index (κ1) is 11.3. The van der Waals surface area contributed by atoms with Gasteiger partial charge in [0.25, 0.3) is 0 Å². The molecule has 0 bridgehead atoms. The molecule has 2 rings (SSSR count). The lowest BCUT2D eigenvalue weighted by atomic mass is 9.73. The Labute approximate surface area is 98.9 Å². The molecule has 0 spiro atoms. The topological polar surface area (TPSA) is 9.23 Å². The molecule has 1 aromatic carbocycles. The van der Waals surface area contributed by atoms with Crippen LogP contribution < -0.4 is 4.74 Å². The molecule has 0 N–H and O–H groups in total. The van der Waals surface area contributed by atoms with Crippen LogP contribution in [0.3, 0.4) is 0 Å². The fourth-order valence-corrected chi connectivity index (χ4v) is 2.14. The van der Waals surface area contributed by atoms with Crippen LogP contribution in [0.25, 0.3) is 5.57 Å². The van der Waals surface area contributed by atoms with E-state index in [1.807, 2.05) is 13.8 Å². The predicted molar refractivity (Wildman–Crippen MR) is 68.9 cm³/mol. The highest BCUT2D eigenvalue weighted by Crippen LogP contribution is 2.41. The zero-order valence-electron chi connectivity index (χ0n) is 10.4. The number of aryl methyl sites for hydroxylation is 1. The van der Waals surface area contributed by atoms with Crippen molar-refractivity contribution in [3.05, 3.63) is 34.9 Å². The third kappa shape index (κ3) is 1.57. The molecule has 1 nitrogen and oxygen atoms in total. The second kappa shape index (κ2) is 3.69. The standard InChI is InChI=1S/C14H17BO/c1-5-11-7-6-8-12-9(2)10(3)14(4,15)16-13(11)12/h6-8H,5H2,1-4H3. The van der Waals surface area contributed by atoms with Crippen LogP contribution >= 0.6 is 0 Å². The van der Waals surface area contributed by atoms with Gasteiger partial charge in [-0.05, 0) is 43.9 Å². The average Bonchev–Trinajstić information content (AvgIpc) is 2.25. The summed E-state index contributed by atoms with van der Waals surface area (Å²) in [6, 6.07) is 6.28. The molecule has 1 aliphatic heterocycles. The maximum Gasteiger partial charge on any atom is 0.137 e. The van der Waals surface area contributed by atoms with Gasteiger partial charge >= 0.3 is 0 Å². The van der Waals surface area contributed by atoms with E-state index in [1.165, 1.54) is 16.7 Å². The molecule has 1 aliphatic rings. The quantitative estimate of drug-likeness (QED) is 0.649. The molecule has 0 saturated heterocycles. The molecule has 82 valence electrons. The Morgan fingerprint density at radius 1 is 1.31 bits per heavy atom. The molecular weight excluding hydrogens is 195 g/mol. The van der Waals surface area contributed by atoms with Crippen LogP contribution in [0.2, 0.25) is 0 Å². The SMILES string of the molecule is [B]C1(C)Oc2c(CC)cccc2C(C)=C1C. The number of ether oxygens (including phenoxy) is 1. The van der Waals surface area contributed by atoms with Crippen LogP contribution in [0.5, 0.6) is 5.75 Å². The smallest absolute Gasteiger partial charge is 0.137 e. The minimum Gasteiger partial charge on any atom is -0.493 e. The molecule has 1 atom stereocenters. The number of para-hydroxylation sites is 1. The zero-order chi connectivity index (χ0) is 11.9. The summed E-state index contributed by atoms with van der Waals surface area (Å²) in [5.74, 6) is 0.957. The van der Waals surface area contributed by atoms with Gasteiger partial charge < -0.3 is 4.74 Å². The Bertz CT molecular complexity index is 458. The van der Waals surface area contributed by atoms with Crippen molar-refractivity contribution < 1.29 is 4.74 Å². The number of hydrogen-bond acceptors (Lipinski definition) is 1. The molecule has 2 radical (unpaired) electrons. The summed E-state index contributed by atoms with van der Waals surface area (Å²) in [5, 5.41) is 0. The minimum absolute atomic E-state index is 0.678. The number of rotatable bonds is 1. The Kier molecular flexibility index (Phi) is 2.61. The van der Waals surface area contributed by atoms with E-state index in [-0.39, 0.29) is 0 Å². The van der Waals surface area contributed by atoms with Crippen molar-refractivity contribution in [1.82, 2.24) is 0 Å². The predicted octanol–water partition coefficient (Wildman–Crippen LogP) is 3.32. The maximum atomic E-state index is 6.17.